The number of carbonyl (C=O) groups is 1. The number of pyridine rings is 1. The number of anilines is 1. The van der Waals surface area contributed by atoms with E-state index in [2.05, 4.69) is 15.0 Å². The minimum Gasteiger partial charge on any atom is -0.406 e. The molecule has 1 N–H and O–H groups in total. The number of hydrogen-bond donors (Lipinski definition) is 1. The number of rotatable bonds is 6. The lowest BCUT2D eigenvalue weighted by Crippen LogP contribution is -2.40. The largest absolute Gasteiger partial charge is 0.573 e. The number of alkyl halides is 6. The molecule has 12 heteroatoms. The SMILES string of the molecule is CC(C)(NC1=CC(c2ccccc2F)N(c2ccc(OC(F)(F)F)cc2)C1=O)c1ccc(C(F)(F)F)nc1. The van der Waals surface area contributed by atoms with Crippen molar-refractivity contribution in [3.05, 3.63) is 101 Å². The lowest BCUT2D eigenvalue weighted by Gasteiger charge is -2.29. The van der Waals surface area contributed by atoms with E-state index < -0.39 is 47.3 Å². The van der Waals surface area contributed by atoms with E-state index in [1.807, 2.05) is 0 Å². The van der Waals surface area contributed by atoms with Gasteiger partial charge in [-0.15, -0.1) is 13.2 Å². The molecule has 0 fully saturated rings. The van der Waals surface area contributed by atoms with Crippen molar-refractivity contribution in [1.29, 1.82) is 0 Å². The number of aromatic nitrogens is 1. The van der Waals surface area contributed by atoms with Crippen molar-refractivity contribution in [3.63, 3.8) is 0 Å². The van der Waals surface area contributed by atoms with E-state index in [1.54, 1.807) is 19.9 Å². The number of halogens is 7. The van der Waals surface area contributed by atoms with E-state index >= 15 is 0 Å². The quantitative estimate of drug-likeness (QED) is 0.357. The Labute approximate surface area is 212 Å². The molecule has 2 heterocycles. The first-order chi connectivity index (χ1) is 17.7. The fourth-order valence-corrected chi connectivity index (χ4v) is 4.03. The number of carbonyl (C=O) groups excluding carboxylic acids is 1. The van der Waals surface area contributed by atoms with E-state index in [9.17, 15) is 35.5 Å². The van der Waals surface area contributed by atoms with Gasteiger partial charge in [-0.1, -0.05) is 24.3 Å². The molecule has 0 bridgehead atoms. The van der Waals surface area contributed by atoms with Gasteiger partial charge < -0.3 is 10.1 Å². The van der Waals surface area contributed by atoms with Crippen LogP contribution < -0.4 is 15.0 Å². The summed E-state index contributed by atoms with van der Waals surface area (Å²) < 4.78 is 95.0. The van der Waals surface area contributed by atoms with E-state index in [0.29, 0.717) is 5.56 Å². The molecule has 1 unspecified atom stereocenters. The first-order valence-electron chi connectivity index (χ1n) is 11.1. The second kappa shape index (κ2) is 9.66. The molecule has 0 aliphatic carbocycles. The van der Waals surface area contributed by atoms with Crippen LogP contribution >= 0.6 is 0 Å². The maximum Gasteiger partial charge on any atom is 0.573 e. The summed E-state index contributed by atoms with van der Waals surface area (Å²) in [6.07, 6.45) is -7.03. The maximum atomic E-state index is 14.7. The summed E-state index contributed by atoms with van der Waals surface area (Å²) in [4.78, 5) is 18.2. The molecule has 5 nitrogen and oxygen atoms in total. The molecule has 1 aliphatic rings. The number of ether oxygens (including phenoxy) is 1. The zero-order valence-corrected chi connectivity index (χ0v) is 19.9. The summed E-state index contributed by atoms with van der Waals surface area (Å²) in [5, 5.41) is 2.99. The van der Waals surface area contributed by atoms with Gasteiger partial charge in [0.2, 0.25) is 0 Å². The van der Waals surface area contributed by atoms with Crippen LogP contribution in [-0.2, 0) is 16.5 Å². The molecule has 0 saturated heterocycles. The van der Waals surface area contributed by atoms with Crippen molar-refractivity contribution < 1.29 is 40.3 Å². The molecular formula is C26H20F7N3O2. The predicted octanol–water partition coefficient (Wildman–Crippen LogP) is 6.63. The third kappa shape index (κ3) is 5.74. The normalized spacial score (nSPS) is 16.4. The second-order valence-electron chi connectivity index (χ2n) is 8.94. The van der Waals surface area contributed by atoms with Crippen molar-refractivity contribution in [3.8, 4) is 5.75 Å². The summed E-state index contributed by atoms with van der Waals surface area (Å²) in [6, 6.07) is 11.3. The van der Waals surface area contributed by atoms with E-state index in [1.165, 1.54) is 47.4 Å². The Morgan fingerprint density at radius 2 is 1.58 bits per heavy atom. The Kier molecular flexibility index (Phi) is 6.85. The third-order valence-electron chi connectivity index (χ3n) is 5.85. The lowest BCUT2D eigenvalue weighted by molar-refractivity contribution is -0.274. The summed E-state index contributed by atoms with van der Waals surface area (Å²) >= 11 is 0. The minimum absolute atomic E-state index is 0.0127. The smallest absolute Gasteiger partial charge is 0.406 e. The Hall–Kier alpha value is -4.09. The van der Waals surface area contributed by atoms with Gasteiger partial charge in [0.1, 0.15) is 17.3 Å². The Morgan fingerprint density at radius 3 is 2.13 bits per heavy atom. The van der Waals surface area contributed by atoms with Crippen LogP contribution in [-0.4, -0.2) is 17.3 Å². The number of nitrogens with one attached hydrogen (secondary N) is 1. The summed E-state index contributed by atoms with van der Waals surface area (Å²) in [5.74, 6) is -1.75. The van der Waals surface area contributed by atoms with Gasteiger partial charge in [0.05, 0.1) is 17.3 Å². The molecule has 38 heavy (non-hydrogen) atoms. The number of nitrogens with zero attached hydrogens (tertiary/aromatic N) is 2. The van der Waals surface area contributed by atoms with Crippen molar-refractivity contribution in [2.75, 3.05) is 4.90 Å². The van der Waals surface area contributed by atoms with Gasteiger partial charge >= 0.3 is 12.5 Å². The Morgan fingerprint density at radius 1 is 0.921 bits per heavy atom. The average Bonchev–Trinajstić information content (AvgIpc) is 3.13. The standard InChI is InChI=1S/C26H20F7N3O2/c1-24(2,15-7-12-22(34-14-15)25(28,29)30)35-20-13-21(18-5-3-4-6-19(18)27)36(23(20)37)16-8-10-17(11-9-16)38-26(31,32)33/h3-14,21,35H,1-2H3. The molecule has 3 aromatic rings. The van der Waals surface area contributed by atoms with E-state index in [4.69, 9.17) is 0 Å². The number of amides is 1. The van der Waals surface area contributed by atoms with Crippen LogP contribution in [0, 0.1) is 5.82 Å². The minimum atomic E-state index is -4.90. The molecular weight excluding hydrogens is 519 g/mol. The molecule has 1 aromatic heterocycles. The van der Waals surface area contributed by atoms with E-state index in [-0.39, 0.29) is 16.9 Å². The van der Waals surface area contributed by atoms with E-state index in [0.717, 1.165) is 24.4 Å². The zero-order valence-electron chi connectivity index (χ0n) is 19.9. The molecule has 1 atom stereocenters. The topological polar surface area (TPSA) is 54.5 Å². The van der Waals surface area contributed by atoms with Crippen LogP contribution in [0.4, 0.5) is 36.4 Å². The number of hydrogen-bond acceptors (Lipinski definition) is 4. The van der Waals surface area contributed by atoms with Gasteiger partial charge in [-0.05, 0) is 61.9 Å². The van der Waals surface area contributed by atoms with Gasteiger partial charge in [-0.3, -0.25) is 14.7 Å². The number of benzene rings is 2. The first kappa shape index (κ1) is 27.0. The summed E-state index contributed by atoms with van der Waals surface area (Å²) in [7, 11) is 0. The molecule has 1 amide bonds. The second-order valence-corrected chi connectivity index (χ2v) is 8.94. The fraction of sp³-hybridized carbons (Fsp3) is 0.231. The average molecular weight is 539 g/mol. The predicted molar refractivity (Wildman–Crippen MR) is 123 cm³/mol. The van der Waals surface area contributed by atoms with Crippen molar-refractivity contribution in [2.45, 2.75) is 38.0 Å². The van der Waals surface area contributed by atoms with Crippen LogP contribution in [0.25, 0.3) is 0 Å². The maximum absolute atomic E-state index is 14.7. The van der Waals surface area contributed by atoms with Crippen molar-refractivity contribution in [1.82, 2.24) is 10.3 Å². The van der Waals surface area contributed by atoms with Crippen LogP contribution in [0.15, 0.2) is 78.6 Å². The van der Waals surface area contributed by atoms with Crippen molar-refractivity contribution >= 4 is 11.6 Å². The van der Waals surface area contributed by atoms with Gasteiger partial charge in [-0.2, -0.15) is 13.2 Å². The van der Waals surface area contributed by atoms with Crippen LogP contribution in [0.5, 0.6) is 5.75 Å². The Bertz CT molecular complexity index is 1350. The molecule has 2 aromatic carbocycles. The fourth-order valence-electron chi connectivity index (χ4n) is 4.03. The molecule has 1 aliphatic heterocycles. The lowest BCUT2D eigenvalue weighted by atomic mass is 9.95. The van der Waals surface area contributed by atoms with Crippen LogP contribution in [0.1, 0.15) is 36.7 Å². The highest BCUT2D eigenvalue weighted by atomic mass is 19.4. The van der Waals surface area contributed by atoms with Gasteiger partial charge in [-0.25, -0.2) is 4.39 Å². The Balaban J connectivity index is 1.67. The molecule has 0 saturated carbocycles. The van der Waals surface area contributed by atoms with Crippen molar-refractivity contribution in [2.24, 2.45) is 0 Å². The highest BCUT2D eigenvalue weighted by Crippen LogP contribution is 2.38. The molecule has 0 spiro atoms. The molecule has 4 rings (SSSR count). The van der Waals surface area contributed by atoms with Gasteiger partial charge in [0.15, 0.2) is 0 Å². The summed E-state index contributed by atoms with van der Waals surface area (Å²) in [5.41, 5.74) is -1.51. The highest BCUT2D eigenvalue weighted by molar-refractivity contribution is 6.09. The monoisotopic (exact) mass is 539 g/mol. The molecule has 200 valence electrons. The third-order valence-corrected chi connectivity index (χ3v) is 5.85. The van der Waals surface area contributed by atoms with Crippen LogP contribution in [0.2, 0.25) is 0 Å². The van der Waals surface area contributed by atoms with Crippen LogP contribution in [0.3, 0.4) is 0 Å². The highest BCUT2D eigenvalue weighted by Gasteiger charge is 2.39. The molecule has 0 radical (unpaired) electrons. The van der Waals surface area contributed by atoms with Gasteiger partial charge in [0, 0.05) is 17.4 Å². The van der Waals surface area contributed by atoms with Gasteiger partial charge in [0.25, 0.3) is 5.91 Å². The first-order valence-corrected chi connectivity index (χ1v) is 11.1. The summed E-state index contributed by atoms with van der Waals surface area (Å²) in [6.45, 7) is 3.24. The zero-order chi connectivity index (χ0) is 27.9.